The van der Waals surface area contributed by atoms with Crippen LogP contribution in [-0.2, 0) is 6.54 Å². The van der Waals surface area contributed by atoms with Crippen LogP contribution in [0.15, 0.2) is 88.8 Å². The van der Waals surface area contributed by atoms with Gasteiger partial charge in [-0.05, 0) is 29.7 Å². The highest BCUT2D eigenvalue weighted by molar-refractivity contribution is 6.05. The Bertz CT molecular complexity index is 1280. The molecule has 0 unspecified atom stereocenters. The fourth-order valence-corrected chi connectivity index (χ4v) is 3.23. The number of hydrogen-bond donors (Lipinski definition) is 1. The van der Waals surface area contributed by atoms with E-state index in [9.17, 15) is 9.59 Å². The Morgan fingerprint density at radius 3 is 2.27 bits per heavy atom. The molecule has 0 fully saturated rings. The van der Waals surface area contributed by atoms with E-state index in [0.717, 1.165) is 16.7 Å². The van der Waals surface area contributed by atoms with Crippen LogP contribution in [-0.4, -0.2) is 21.9 Å². The summed E-state index contributed by atoms with van der Waals surface area (Å²) in [4.78, 5) is 25.1. The molecule has 3 aromatic carbocycles. The van der Waals surface area contributed by atoms with Crippen LogP contribution in [0.2, 0.25) is 0 Å². The van der Waals surface area contributed by atoms with Crippen molar-refractivity contribution in [2.75, 3.05) is 0 Å². The van der Waals surface area contributed by atoms with E-state index in [-0.39, 0.29) is 11.3 Å². The first kappa shape index (κ1) is 19.3. The summed E-state index contributed by atoms with van der Waals surface area (Å²) in [5, 5.41) is 9.23. The molecule has 0 saturated heterocycles. The number of hydrazone groups is 1. The molecule has 1 N–H and O–H groups in total. The van der Waals surface area contributed by atoms with Crippen LogP contribution in [0.5, 0.6) is 0 Å². The van der Waals surface area contributed by atoms with E-state index in [2.05, 4.69) is 27.8 Å². The number of aromatic nitrogens is 2. The third-order valence-electron chi connectivity index (χ3n) is 4.78. The van der Waals surface area contributed by atoms with Crippen molar-refractivity contribution in [2.45, 2.75) is 13.5 Å². The van der Waals surface area contributed by atoms with Gasteiger partial charge in [-0.25, -0.2) is 10.1 Å². The number of carbonyl (C=O) groups excluding carboxylic acids is 1. The van der Waals surface area contributed by atoms with Crippen molar-refractivity contribution >= 4 is 22.9 Å². The SMILES string of the molecule is CCn1nc(C(=O)N/N=C\c2ccc(-c3ccccc3)cc2)c2ccccc2c1=O. The lowest BCUT2D eigenvalue weighted by atomic mass is 10.0. The van der Waals surface area contributed by atoms with E-state index < -0.39 is 5.91 Å². The number of aryl methyl sites for hydroxylation is 1. The second-order valence-corrected chi connectivity index (χ2v) is 6.70. The summed E-state index contributed by atoms with van der Waals surface area (Å²) in [5.41, 5.74) is 5.56. The molecule has 6 nitrogen and oxygen atoms in total. The minimum atomic E-state index is -0.467. The largest absolute Gasteiger partial charge is 0.292 e. The molecule has 4 rings (SSSR count). The molecule has 6 heteroatoms. The van der Waals surface area contributed by atoms with Crippen molar-refractivity contribution in [3.05, 3.63) is 100 Å². The highest BCUT2D eigenvalue weighted by Crippen LogP contribution is 2.18. The first-order valence-corrected chi connectivity index (χ1v) is 9.66. The Morgan fingerprint density at radius 1 is 0.933 bits per heavy atom. The van der Waals surface area contributed by atoms with Crippen molar-refractivity contribution in [3.63, 3.8) is 0 Å². The van der Waals surface area contributed by atoms with Crippen LogP contribution in [0, 0.1) is 0 Å². The molecule has 0 atom stereocenters. The van der Waals surface area contributed by atoms with E-state index in [4.69, 9.17) is 0 Å². The van der Waals surface area contributed by atoms with Crippen LogP contribution >= 0.6 is 0 Å². The zero-order valence-corrected chi connectivity index (χ0v) is 16.4. The zero-order valence-electron chi connectivity index (χ0n) is 16.4. The Balaban J connectivity index is 1.53. The van der Waals surface area contributed by atoms with E-state index >= 15 is 0 Å². The quantitative estimate of drug-likeness (QED) is 0.411. The highest BCUT2D eigenvalue weighted by Gasteiger charge is 2.15. The average molecular weight is 396 g/mol. The van der Waals surface area contributed by atoms with Crippen molar-refractivity contribution in [2.24, 2.45) is 5.10 Å². The number of amides is 1. The topological polar surface area (TPSA) is 76.3 Å². The minimum Gasteiger partial charge on any atom is -0.267 e. The van der Waals surface area contributed by atoms with Crippen molar-refractivity contribution in [1.29, 1.82) is 0 Å². The minimum absolute atomic E-state index is 0.170. The van der Waals surface area contributed by atoms with Gasteiger partial charge in [0.2, 0.25) is 0 Å². The maximum absolute atomic E-state index is 12.7. The summed E-state index contributed by atoms with van der Waals surface area (Å²) in [7, 11) is 0. The lowest BCUT2D eigenvalue weighted by molar-refractivity contribution is 0.0949. The summed E-state index contributed by atoms with van der Waals surface area (Å²) >= 11 is 0. The summed E-state index contributed by atoms with van der Waals surface area (Å²) in [5.74, 6) is -0.467. The molecule has 1 aromatic heterocycles. The van der Waals surface area contributed by atoms with E-state index in [1.54, 1.807) is 30.5 Å². The molecule has 1 heterocycles. The molecule has 1 amide bonds. The third-order valence-corrected chi connectivity index (χ3v) is 4.78. The molecule has 0 aliphatic heterocycles. The Hall–Kier alpha value is -4.06. The van der Waals surface area contributed by atoms with Crippen LogP contribution in [0.25, 0.3) is 21.9 Å². The number of benzene rings is 3. The predicted molar refractivity (Wildman–Crippen MR) is 119 cm³/mol. The number of nitrogens with one attached hydrogen (secondary N) is 1. The summed E-state index contributed by atoms with van der Waals surface area (Å²) in [6, 6.07) is 24.9. The molecule has 4 aromatic rings. The van der Waals surface area contributed by atoms with Gasteiger partial charge in [-0.2, -0.15) is 10.2 Å². The molecule has 0 aliphatic carbocycles. The molecule has 0 aliphatic rings. The number of fused-ring (bicyclic) bond motifs is 1. The fraction of sp³-hybridized carbons (Fsp3) is 0.0833. The maximum Gasteiger partial charge on any atom is 0.292 e. The summed E-state index contributed by atoms with van der Waals surface area (Å²) < 4.78 is 1.28. The van der Waals surface area contributed by atoms with Gasteiger partial charge < -0.3 is 0 Å². The summed E-state index contributed by atoms with van der Waals surface area (Å²) in [6.07, 6.45) is 1.57. The van der Waals surface area contributed by atoms with Crippen molar-refractivity contribution in [3.8, 4) is 11.1 Å². The molecule has 0 saturated carbocycles. The molecular formula is C24H20N4O2. The van der Waals surface area contributed by atoms with Crippen molar-refractivity contribution in [1.82, 2.24) is 15.2 Å². The van der Waals surface area contributed by atoms with Crippen LogP contribution in [0.1, 0.15) is 23.0 Å². The lowest BCUT2D eigenvalue weighted by Crippen LogP contribution is -2.28. The normalized spacial score (nSPS) is 11.1. The molecule has 0 spiro atoms. The number of carbonyl (C=O) groups is 1. The molecule has 0 bridgehead atoms. The van der Waals surface area contributed by atoms with Crippen LogP contribution < -0.4 is 11.0 Å². The molecule has 0 radical (unpaired) electrons. The Morgan fingerprint density at radius 2 is 1.57 bits per heavy atom. The van der Waals surface area contributed by atoms with Gasteiger partial charge in [0, 0.05) is 11.9 Å². The third kappa shape index (κ3) is 3.89. The monoisotopic (exact) mass is 396 g/mol. The van der Waals surface area contributed by atoms with E-state index in [0.29, 0.717) is 17.3 Å². The van der Waals surface area contributed by atoms with Gasteiger partial charge >= 0.3 is 0 Å². The smallest absolute Gasteiger partial charge is 0.267 e. The van der Waals surface area contributed by atoms with Gasteiger partial charge in [-0.1, -0.05) is 72.8 Å². The number of hydrogen-bond acceptors (Lipinski definition) is 4. The summed E-state index contributed by atoms with van der Waals surface area (Å²) in [6.45, 7) is 2.18. The van der Waals surface area contributed by atoms with Crippen molar-refractivity contribution < 1.29 is 4.79 Å². The zero-order chi connectivity index (χ0) is 20.9. The van der Waals surface area contributed by atoms with Crippen LogP contribution in [0.4, 0.5) is 0 Å². The first-order chi connectivity index (χ1) is 14.7. The number of rotatable bonds is 5. The number of nitrogens with zero attached hydrogens (tertiary/aromatic N) is 3. The van der Waals surface area contributed by atoms with Gasteiger partial charge in [-0.3, -0.25) is 9.59 Å². The Labute approximate surface area is 173 Å². The molecule has 30 heavy (non-hydrogen) atoms. The Kier molecular flexibility index (Phi) is 5.48. The second kappa shape index (κ2) is 8.53. The van der Waals surface area contributed by atoms with Crippen LogP contribution in [0.3, 0.4) is 0 Å². The average Bonchev–Trinajstić information content (AvgIpc) is 2.80. The molecule has 148 valence electrons. The van der Waals surface area contributed by atoms with Gasteiger partial charge in [0.15, 0.2) is 5.69 Å². The predicted octanol–water partition coefficient (Wildman–Crippen LogP) is 3.85. The second-order valence-electron chi connectivity index (χ2n) is 6.70. The van der Waals surface area contributed by atoms with E-state index in [1.807, 2.05) is 49.4 Å². The van der Waals surface area contributed by atoms with Gasteiger partial charge in [0.25, 0.3) is 11.5 Å². The first-order valence-electron chi connectivity index (χ1n) is 9.66. The highest BCUT2D eigenvalue weighted by atomic mass is 16.2. The lowest BCUT2D eigenvalue weighted by Gasteiger charge is -2.08. The standard InChI is InChI=1S/C24H20N4O2/c1-2-28-24(30)21-11-7-6-10-20(21)22(27-28)23(29)26-25-16-17-12-14-19(15-13-17)18-8-4-3-5-9-18/h3-16H,2H2,1H3,(H,26,29)/b25-16-. The van der Waals surface area contributed by atoms with Gasteiger partial charge in [0.1, 0.15) is 0 Å². The van der Waals surface area contributed by atoms with E-state index in [1.165, 1.54) is 4.68 Å². The fourth-order valence-electron chi connectivity index (χ4n) is 3.23. The van der Waals surface area contributed by atoms with Gasteiger partial charge in [0.05, 0.1) is 11.6 Å². The molecular weight excluding hydrogens is 376 g/mol. The van der Waals surface area contributed by atoms with Gasteiger partial charge in [-0.15, -0.1) is 0 Å². The maximum atomic E-state index is 12.7.